The summed E-state index contributed by atoms with van der Waals surface area (Å²) >= 11 is 0. The van der Waals surface area contributed by atoms with Crippen molar-refractivity contribution in [3.8, 4) is 5.75 Å². The van der Waals surface area contributed by atoms with E-state index in [1.807, 2.05) is 13.8 Å². The highest BCUT2D eigenvalue weighted by atomic mass is 19.1. The first-order chi connectivity index (χ1) is 10.9. The van der Waals surface area contributed by atoms with Gasteiger partial charge in [0, 0.05) is 32.1 Å². The molecule has 1 aromatic rings. The molecular weight excluding hydrogens is 299 g/mol. The molecule has 1 saturated heterocycles. The molecule has 0 N–H and O–H groups in total. The minimum atomic E-state index is -0.472. The quantitative estimate of drug-likeness (QED) is 0.857. The van der Waals surface area contributed by atoms with Gasteiger partial charge in [0.1, 0.15) is 11.6 Å². The fourth-order valence-corrected chi connectivity index (χ4v) is 2.72. The van der Waals surface area contributed by atoms with E-state index in [2.05, 4.69) is 0 Å². The van der Waals surface area contributed by atoms with Gasteiger partial charge in [-0.05, 0) is 24.6 Å². The number of amides is 2. The number of nitrogens with zero attached hydrogens (tertiary/aromatic N) is 2. The number of methoxy groups -OCH3 is 1. The molecular formula is C17H23FN2O3. The summed E-state index contributed by atoms with van der Waals surface area (Å²) in [7, 11) is 1.45. The van der Waals surface area contributed by atoms with Gasteiger partial charge in [0.05, 0.1) is 12.7 Å². The molecule has 0 atom stereocenters. The van der Waals surface area contributed by atoms with Crippen molar-refractivity contribution in [3.05, 3.63) is 29.6 Å². The number of ether oxygens (including phenoxy) is 1. The third-order valence-electron chi connectivity index (χ3n) is 3.98. The van der Waals surface area contributed by atoms with Gasteiger partial charge in [-0.15, -0.1) is 0 Å². The van der Waals surface area contributed by atoms with Gasteiger partial charge in [-0.25, -0.2) is 4.39 Å². The largest absolute Gasteiger partial charge is 0.496 e. The Labute approximate surface area is 136 Å². The van der Waals surface area contributed by atoms with Crippen molar-refractivity contribution in [1.29, 1.82) is 0 Å². The van der Waals surface area contributed by atoms with Gasteiger partial charge in [-0.3, -0.25) is 9.59 Å². The monoisotopic (exact) mass is 322 g/mol. The molecule has 1 aliphatic rings. The maximum atomic E-state index is 13.5. The van der Waals surface area contributed by atoms with E-state index >= 15 is 0 Å². The van der Waals surface area contributed by atoms with Crippen LogP contribution in [-0.2, 0) is 4.79 Å². The van der Waals surface area contributed by atoms with Crippen LogP contribution >= 0.6 is 0 Å². The van der Waals surface area contributed by atoms with E-state index in [1.165, 1.54) is 25.3 Å². The summed E-state index contributed by atoms with van der Waals surface area (Å²) in [5, 5.41) is 0. The lowest BCUT2D eigenvalue weighted by Gasteiger charge is -2.24. The molecule has 0 unspecified atom stereocenters. The Kier molecular flexibility index (Phi) is 5.58. The highest BCUT2D eigenvalue weighted by molar-refractivity contribution is 5.97. The fraction of sp³-hybridized carbons (Fsp3) is 0.529. The molecule has 6 heteroatoms. The first-order valence-electron chi connectivity index (χ1n) is 7.85. The minimum absolute atomic E-state index is 0.0550. The van der Waals surface area contributed by atoms with Gasteiger partial charge in [0.15, 0.2) is 0 Å². The first kappa shape index (κ1) is 17.2. The number of hydrogen-bond acceptors (Lipinski definition) is 3. The van der Waals surface area contributed by atoms with Crippen LogP contribution in [0.3, 0.4) is 0 Å². The highest BCUT2D eigenvalue weighted by Gasteiger charge is 2.25. The molecule has 0 aliphatic carbocycles. The lowest BCUT2D eigenvalue weighted by molar-refractivity contribution is -0.134. The molecule has 5 nitrogen and oxygen atoms in total. The Hall–Kier alpha value is -2.11. The van der Waals surface area contributed by atoms with Crippen molar-refractivity contribution in [3.63, 3.8) is 0 Å². The third kappa shape index (κ3) is 4.00. The van der Waals surface area contributed by atoms with E-state index in [0.717, 1.165) is 0 Å². The number of benzene rings is 1. The molecule has 0 spiro atoms. The van der Waals surface area contributed by atoms with Crippen LogP contribution in [0.1, 0.15) is 30.6 Å². The number of carbonyl (C=O) groups excluding carboxylic acids is 2. The Morgan fingerprint density at radius 3 is 2.43 bits per heavy atom. The van der Waals surface area contributed by atoms with Crippen molar-refractivity contribution in [1.82, 2.24) is 9.80 Å². The molecule has 23 heavy (non-hydrogen) atoms. The zero-order chi connectivity index (χ0) is 17.0. The van der Waals surface area contributed by atoms with Crippen LogP contribution in [0.25, 0.3) is 0 Å². The summed E-state index contributed by atoms with van der Waals surface area (Å²) in [4.78, 5) is 28.2. The molecule has 2 rings (SSSR count). The molecule has 1 aromatic carbocycles. The second-order valence-corrected chi connectivity index (χ2v) is 5.97. The maximum absolute atomic E-state index is 13.5. The van der Waals surface area contributed by atoms with Crippen molar-refractivity contribution in [2.75, 3.05) is 33.3 Å². The number of halogens is 1. The molecule has 1 heterocycles. The van der Waals surface area contributed by atoms with Crippen LogP contribution in [0, 0.1) is 11.7 Å². The average molecular weight is 322 g/mol. The van der Waals surface area contributed by atoms with Crippen LogP contribution in [0.4, 0.5) is 4.39 Å². The Bertz CT molecular complexity index is 589. The Morgan fingerprint density at radius 1 is 1.13 bits per heavy atom. The van der Waals surface area contributed by atoms with Crippen LogP contribution in [0.5, 0.6) is 5.75 Å². The smallest absolute Gasteiger partial charge is 0.257 e. The summed E-state index contributed by atoms with van der Waals surface area (Å²) in [5.74, 6) is -0.334. The number of hydrogen-bond donors (Lipinski definition) is 0. The van der Waals surface area contributed by atoms with E-state index < -0.39 is 5.82 Å². The molecule has 2 amide bonds. The molecule has 0 aromatic heterocycles. The van der Waals surface area contributed by atoms with Gasteiger partial charge < -0.3 is 14.5 Å². The summed E-state index contributed by atoms with van der Waals surface area (Å²) in [6.45, 7) is 5.86. The fourth-order valence-electron chi connectivity index (χ4n) is 2.72. The van der Waals surface area contributed by atoms with E-state index in [0.29, 0.717) is 38.3 Å². The predicted molar refractivity (Wildman–Crippen MR) is 84.9 cm³/mol. The minimum Gasteiger partial charge on any atom is -0.496 e. The van der Waals surface area contributed by atoms with Gasteiger partial charge in [-0.1, -0.05) is 13.8 Å². The van der Waals surface area contributed by atoms with E-state index in [-0.39, 0.29) is 23.3 Å². The summed E-state index contributed by atoms with van der Waals surface area (Å²) in [5.41, 5.74) is 0.219. The van der Waals surface area contributed by atoms with Crippen LogP contribution < -0.4 is 4.74 Å². The molecule has 0 saturated carbocycles. The molecule has 1 aliphatic heterocycles. The van der Waals surface area contributed by atoms with Crippen molar-refractivity contribution in [2.24, 2.45) is 5.92 Å². The van der Waals surface area contributed by atoms with E-state index in [1.54, 1.807) is 9.80 Å². The molecule has 126 valence electrons. The van der Waals surface area contributed by atoms with E-state index in [9.17, 15) is 14.0 Å². The zero-order valence-electron chi connectivity index (χ0n) is 13.8. The van der Waals surface area contributed by atoms with Crippen LogP contribution in [-0.4, -0.2) is 54.9 Å². The van der Waals surface area contributed by atoms with Crippen LogP contribution in [0.2, 0.25) is 0 Å². The SMILES string of the molecule is COc1ccc(F)cc1C(=O)N1CCCN(C(=O)C(C)C)CC1. The zero-order valence-corrected chi connectivity index (χ0v) is 13.8. The molecule has 1 fully saturated rings. The third-order valence-corrected chi connectivity index (χ3v) is 3.98. The second-order valence-electron chi connectivity index (χ2n) is 5.97. The highest BCUT2D eigenvalue weighted by Crippen LogP contribution is 2.22. The van der Waals surface area contributed by atoms with Gasteiger partial charge in [0.2, 0.25) is 5.91 Å². The van der Waals surface area contributed by atoms with Crippen molar-refractivity contribution < 1.29 is 18.7 Å². The summed E-state index contributed by atoms with van der Waals surface area (Å²) in [6.07, 6.45) is 0.710. The lowest BCUT2D eigenvalue weighted by atomic mass is 10.1. The van der Waals surface area contributed by atoms with Gasteiger partial charge >= 0.3 is 0 Å². The standard InChI is InChI=1S/C17H23FN2O3/c1-12(2)16(21)19-7-4-8-20(10-9-19)17(22)14-11-13(18)5-6-15(14)23-3/h5-6,11-12H,4,7-10H2,1-3H3. The maximum Gasteiger partial charge on any atom is 0.257 e. The average Bonchev–Trinajstić information content (AvgIpc) is 2.79. The molecule has 0 bridgehead atoms. The lowest BCUT2D eigenvalue weighted by Crippen LogP contribution is -2.39. The Balaban J connectivity index is 2.12. The second kappa shape index (κ2) is 7.44. The summed E-state index contributed by atoms with van der Waals surface area (Å²) in [6, 6.07) is 3.92. The number of rotatable bonds is 3. The van der Waals surface area contributed by atoms with Crippen molar-refractivity contribution in [2.45, 2.75) is 20.3 Å². The number of carbonyl (C=O) groups is 2. The van der Waals surface area contributed by atoms with Crippen LogP contribution in [0.15, 0.2) is 18.2 Å². The normalized spacial score (nSPS) is 15.5. The summed E-state index contributed by atoms with van der Waals surface area (Å²) < 4.78 is 18.6. The first-order valence-corrected chi connectivity index (χ1v) is 7.85. The Morgan fingerprint density at radius 2 is 1.78 bits per heavy atom. The topological polar surface area (TPSA) is 49.9 Å². The van der Waals surface area contributed by atoms with Crippen molar-refractivity contribution >= 4 is 11.8 Å². The molecule has 0 radical (unpaired) electrons. The van der Waals surface area contributed by atoms with Gasteiger partial charge in [0.25, 0.3) is 5.91 Å². The van der Waals surface area contributed by atoms with E-state index in [4.69, 9.17) is 4.74 Å². The van der Waals surface area contributed by atoms with Gasteiger partial charge in [-0.2, -0.15) is 0 Å². The predicted octanol–water partition coefficient (Wildman–Crippen LogP) is 2.16.